The molecule has 13 heavy (non-hydrogen) atoms. The van der Waals surface area contributed by atoms with Crippen molar-refractivity contribution in [2.24, 2.45) is 16.8 Å². The average molecular weight is 189 g/mol. The van der Waals surface area contributed by atoms with E-state index in [4.69, 9.17) is 16.0 Å². The van der Waals surface area contributed by atoms with Gasteiger partial charge in [0.1, 0.15) is 5.84 Å². The molecule has 0 saturated heterocycles. The Kier molecular flexibility index (Phi) is 6.26. The molecule has 0 heterocycles. The number of nitrogens with one attached hydrogen (secondary N) is 1. The van der Waals surface area contributed by atoms with Crippen molar-refractivity contribution < 1.29 is 10.3 Å². The fourth-order valence-corrected chi connectivity index (χ4v) is 0.947. The number of rotatable bonds is 6. The Bertz CT molecular complexity index is 159. The van der Waals surface area contributed by atoms with Crippen molar-refractivity contribution >= 4 is 5.84 Å². The second-order valence-corrected chi connectivity index (χ2v) is 3.33. The molecule has 1 unspecified atom stereocenters. The van der Waals surface area contributed by atoms with Gasteiger partial charge < -0.3 is 21.4 Å². The van der Waals surface area contributed by atoms with Crippen molar-refractivity contribution in [1.82, 2.24) is 5.32 Å². The number of hydrogen-bond acceptors (Lipinski definition) is 4. The van der Waals surface area contributed by atoms with E-state index >= 15 is 0 Å². The highest BCUT2D eigenvalue weighted by Gasteiger charge is 2.10. The number of oxime groups is 1. The number of nitrogens with two attached hydrogens (primary N) is 1. The highest BCUT2D eigenvalue weighted by Crippen LogP contribution is 1.99. The third kappa shape index (κ3) is 5.43. The van der Waals surface area contributed by atoms with Crippen molar-refractivity contribution in [3.05, 3.63) is 0 Å². The molecule has 0 aromatic heterocycles. The molecule has 0 aliphatic carbocycles. The van der Waals surface area contributed by atoms with Gasteiger partial charge in [-0.25, -0.2) is 0 Å². The fourth-order valence-electron chi connectivity index (χ4n) is 0.947. The van der Waals surface area contributed by atoms with Crippen LogP contribution in [-0.2, 0) is 0 Å². The summed E-state index contributed by atoms with van der Waals surface area (Å²) in [6.45, 7) is 4.77. The van der Waals surface area contributed by atoms with Crippen LogP contribution in [0.15, 0.2) is 5.16 Å². The molecule has 0 amide bonds. The summed E-state index contributed by atoms with van der Waals surface area (Å²) in [5.74, 6) is 0.574. The van der Waals surface area contributed by atoms with Gasteiger partial charge in [-0.1, -0.05) is 19.0 Å². The Labute approximate surface area is 78.6 Å². The molecule has 0 radical (unpaired) electrons. The Morgan fingerprint density at radius 1 is 1.54 bits per heavy atom. The minimum atomic E-state index is 0.0755. The van der Waals surface area contributed by atoms with Gasteiger partial charge in [0, 0.05) is 19.0 Å². The summed E-state index contributed by atoms with van der Waals surface area (Å²) >= 11 is 0. The van der Waals surface area contributed by atoms with Crippen LogP contribution in [0.1, 0.15) is 20.3 Å². The quantitative estimate of drug-likeness (QED) is 0.200. The van der Waals surface area contributed by atoms with Crippen LogP contribution in [0.2, 0.25) is 0 Å². The minimum Gasteiger partial charge on any atom is -0.409 e. The van der Waals surface area contributed by atoms with E-state index < -0.39 is 0 Å². The number of aliphatic hydroxyl groups is 1. The van der Waals surface area contributed by atoms with Gasteiger partial charge in [-0.15, -0.1) is 0 Å². The van der Waals surface area contributed by atoms with Crippen LogP contribution in [0.25, 0.3) is 0 Å². The molecular formula is C8H19N3O2. The predicted octanol–water partition coefficient (Wildman–Crippen LogP) is -0.271. The Hall–Kier alpha value is -0.810. The standard InChI is InChI=1S/C8H19N3O2/c1-6(2)7(5-12)10-4-3-8(9)11-13/h6-7,10,12-13H,3-5H2,1-2H3,(H2,9,11). The van der Waals surface area contributed by atoms with Crippen molar-refractivity contribution in [2.45, 2.75) is 26.3 Å². The van der Waals surface area contributed by atoms with Crippen LogP contribution >= 0.6 is 0 Å². The first-order valence-electron chi connectivity index (χ1n) is 4.42. The summed E-state index contributed by atoms with van der Waals surface area (Å²) in [5, 5.41) is 23.2. The van der Waals surface area contributed by atoms with E-state index in [1.54, 1.807) is 0 Å². The zero-order valence-electron chi connectivity index (χ0n) is 8.20. The molecule has 0 saturated carbocycles. The van der Waals surface area contributed by atoms with E-state index in [0.717, 1.165) is 0 Å². The lowest BCUT2D eigenvalue weighted by Gasteiger charge is -2.19. The van der Waals surface area contributed by atoms with Gasteiger partial charge in [-0.2, -0.15) is 0 Å². The largest absolute Gasteiger partial charge is 0.409 e. The second-order valence-electron chi connectivity index (χ2n) is 3.33. The van der Waals surface area contributed by atoms with E-state index in [1.165, 1.54) is 0 Å². The summed E-state index contributed by atoms with van der Waals surface area (Å²) in [6.07, 6.45) is 0.486. The molecule has 1 atom stereocenters. The smallest absolute Gasteiger partial charge is 0.140 e. The van der Waals surface area contributed by atoms with Gasteiger partial charge in [0.15, 0.2) is 0 Å². The molecule has 5 nitrogen and oxygen atoms in total. The molecule has 0 aromatic carbocycles. The highest BCUT2D eigenvalue weighted by atomic mass is 16.4. The highest BCUT2D eigenvalue weighted by molar-refractivity contribution is 5.79. The fraction of sp³-hybridized carbons (Fsp3) is 0.875. The van der Waals surface area contributed by atoms with Gasteiger partial charge in [0.2, 0.25) is 0 Å². The maximum absolute atomic E-state index is 8.95. The van der Waals surface area contributed by atoms with Crippen molar-refractivity contribution in [3.8, 4) is 0 Å². The zero-order valence-corrected chi connectivity index (χ0v) is 8.20. The maximum atomic E-state index is 8.95. The van der Waals surface area contributed by atoms with E-state index in [2.05, 4.69) is 10.5 Å². The zero-order chi connectivity index (χ0) is 10.3. The Morgan fingerprint density at radius 2 is 2.15 bits per heavy atom. The van der Waals surface area contributed by atoms with Crippen molar-refractivity contribution in [3.63, 3.8) is 0 Å². The molecular weight excluding hydrogens is 170 g/mol. The van der Waals surface area contributed by atoms with Crippen molar-refractivity contribution in [1.29, 1.82) is 0 Å². The summed E-state index contributed by atoms with van der Waals surface area (Å²) in [7, 11) is 0. The molecule has 0 rings (SSSR count). The molecule has 5 heteroatoms. The summed E-state index contributed by atoms with van der Waals surface area (Å²) < 4.78 is 0. The van der Waals surface area contributed by atoms with Crippen LogP contribution in [-0.4, -0.2) is 35.3 Å². The molecule has 5 N–H and O–H groups in total. The molecule has 0 aliphatic rings. The number of hydrogen-bond donors (Lipinski definition) is 4. The third-order valence-corrected chi connectivity index (χ3v) is 1.92. The van der Waals surface area contributed by atoms with E-state index in [-0.39, 0.29) is 18.5 Å². The minimum absolute atomic E-state index is 0.0755. The Morgan fingerprint density at radius 3 is 2.54 bits per heavy atom. The molecule has 0 aliphatic heterocycles. The molecule has 78 valence electrons. The number of amidine groups is 1. The lowest BCUT2D eigenvalue weighted by Crippen LogP contribution is -2.38. The van der Waals surface area contributed by atoms with Gasteiger partial charge in [0.05, 0.1) is 6.61 Å². The first-order valence-corrected chi connectivity index (χ1v) is 4.42. The second kappa shape index (κ2) is 6.68. The first-order chi connectivity index (χ1) is 6.11. The van der Waals surface area contributed by atoms with Crippen LogP contribution in [0, 0.1) is 5.92 Å². The van der Waals surface area contributed by atoms with Gasteiger partial charge >= 0.3 is 0 Å². The third-order valence-electron chi connectivity index (χ3n) is 1.92. The van der Waals surface area contributed by atoms with Crippen LogP contribution in [0.3, 0.4) is 0 Å². The van der Waals surface area contributed by atoms with E-state index in [9.17, 15) is 0 Å². The lowest BCUT2D eigenvalue weighted by molar-refractivity contribution is 0.212. The topological polar surface area (TPSA) is 90.9 Å². The molecule has 0 spiro atoms. The summed E-state index contributed by atoms with van der Waals surface area (Å²) in [4.78, 5) is 0. The molecule has 0 fully saturated rings. The normalized spacial score (nSPS) is 14.9. The first kappa shape index (κ1) is 12.2. The van der Waals surface area contributed by atoms with Crippen LogP contribution in [0.4, 0.5) is 0 Å². The number of aliphatic hydroxyl groups excluding tert-OH is 1. The average Bonchev–Trinajstić information content (AvgIpc) is 2.11. The summed E-state index contributed by atoms with van der Waals surface area (Å²) in [6, 6.07) is 0.0755. The van der Waals surface area contributed by atoms with Gasteiger partial charge in [0.25, 0.3) is 0 Å². The van der Waals surface area contributed by atoms with Crippen LogP contribution in [0.5, 0.6) is 0 Å². The van der Waals surface area contributed by atoms with Crippen LogP contribution < -0.4 is 11.1 Å². The Balaban J connectivity index is 3.61. The maximum Gasteiger partial charge on any atom is 0.140 e. The molecule has 0 aromatic rings. The molecule has 0 bridgehead atoms. The van der Waals surface area contributed by atoms with Crippen molar-refractivity contribution in [2.75, 3.05) is 13.2 Å². The van der Waals surface area contributed by atoms with Gasteiger partial charge in [-0.3, -0.25) is 0 Å². The predicted molar refractivity (Wildman–Crippen MR) is 51.7 cm³/mol. The monoisotopic (exact) mass is 189 g/mol. The number of nitrogens with zero attached hydrogens (tertiary/aromatic N) is 1. The lowest BCUT2D eigenvalue weighted by atomic mass is 10.1. The summed E-state index contributed by atoms with van der Waals surface area (Å²) in [5.41, 5.74) is 5.27. The SMILES string of the molecule is CC(C)C(CO)NCCC(N)=NO. The van der Waals surface area contributed by atoms with E-state index in [1.807, 2.05) is 13.8 Å². The van der Waals surface area contributed by atoms with E-state index in [0.29, 0.717) is 18.9 Å². The van der Waals surface area contributed by atoms with Gasteiger partial charge in [-0.05, 0) is 5.92 Å².